The van der Waals surface area contributed by atoms with Crippen LogP contribution in [0.25, 0.3) is 0 Å². The van der Waals surface area contributed by atoms with Crippen molar-refractivity contribution in [3.63, 3.8) is 0 Å². The van der Waals surface area contributed by atoms with Crippen molar-refractivity contribution in [1.82, 2.24) is 0 Å². The van der Waals surface area contributed by atoms with Gasteiger partial charge in [0.05, 0.1) is 0 Å². The van der Waals surface area contributed by atoms with Crippen molar-refractivity contribution in [3.05, 3.63) is 35.1 Å². The summed E-state index contributed by atoms with van der Waals surface area (Å²) >= 11 is 0. The molecule has 0 amide bonds. The highest BCUT2D eigenvalue weighted by Crippen LogP contribution is 2.61. The van der Waals surface area contributed by atoms with Crippen LogP contribution in [-0.4, -0.2) is 17.0 Å². The molecule has 0 nitrogen and oxygen atoms in total. The van der Waals surface area contributed by atoms with E-state index in [1.54, 1.807) is 6.07 Å². The molecular weight excluding hydrogens is 314 g/mol. The number of benzene rings is 1. The van der Waals surface area contributed by atoms with Crippen molar-refractivity contribution in [1.29, 1.82) is 0 Å². The van der Waals surface area contributed by atoms with Crippen molar-refractivity contribution in [3.8, 4) is 0 Å². The lowest BCUT2D eigenvalue weighted by molar-refractivity contribution is 0.476. The Kier molecular flexibility index (Phi) is 5.57. The number of halogens is 1. The second-order valence-electron chi connectivity index (χ2n) is 8.31. The third-order valence-corrected chi connectivity index (χ3v) is 10.8. The second-order valence-corrected chi connectivity index (χ2v) is 11.4. The first-order valence-electron chi connectivity index (χ1n) is 10.4. The Morgan fingerprint density at radius 3 is 2.00 bits per heavy atom. The zero-order valence-corrected chi connectivity index (χ0v) is 15.9. The number of hydrogen-bond acceptors (Lipinski definition) is 0. The van der Waals surface area contributed by atoms with E-state index >= 15 is 0 Å². The van der Waals surface area contributed by atoms with Crippen molar-refractivity contribution < 1.29 is 4.39 Å². The van der Waals surface area contributed by atoms with E-state index in [0.29, 0.717) is 0 Å². The Morgan fingerprint density at radius 1 is 0.750 bits per heavy atom. The van der Waals surface area contributed by atoms with Crippen LogP contribution in [0.4, 0.5) is 4.39 Å². The van der Waals surface area contributed by atoms with Crippen molar-refractivity contribution in [2.45, 2.75) is 100 Å². The highest BCUT2D eigenvalue weighted by Gasteiger charge is 2.38. The van der Waals surface area contributed by atoms with Gasteiger partial charge in [-0.1, -0.05) is 58.6 Å². The van der Waals surface area contributed by atoms with Gasteiger partial charge in [0.2, 0.25) is 0 Å². The van der Waals surface area contributed by atoms with Gasteiger partial charge < -0.3 is 0 Å². The predicted octanol–water partition coefficient (Wildman–Crippen LogP) is 6.83. The summed E-state index contributed by atoms with van der Waals surface area (Å²) < 4.78 is 14.4. The Morgan fingerprint density at radius 2 is 1.38 bits per heavy atom. The number of hydrogen-bond donors (Lipinski definition) is 0. The van der Waals surface area contributed by atoms with Gasteiger partial charge in [0.15, 0.2) is 0 Å². The first kappa shape index (κ1) is 17.0. The summed E-state index contributed by atoms with van der Waals surface area (Å²) in [5.74, 6) is 0.0689. The Hall–Kier alpha value is -0.420. The summed E-state index contributed by atoms with van der Waals surface area (Å²) in [5.41, 5.74) is 5.17. The number of rotatable bonds is 3. The molecule has 1 aromatic carbocycles. The molecule has 0 aliphatic heterocycles. The highest BCUT2D eigenvalue weighted by atomic mass is 31.1. The topological polar surface area (TPSA) is 0 Å². The zero-order valence-electron chi connectivity index (χ0n) is 15.0. The van der Waals surface area contributed by atoms with Gasteiger partial charge in [-0.05, 0) is 79.1 Å². The summed E-state index contributed by atoms with van der Waals surface area (Å²) in [5, 5.41) is 0. The second kappa shape index (κ2) is 7.86. The van der Waals surface area contributed by atoms with E-state index in [9.17, 15) is 4.39 Å². The van der Waals surface area contributed by atoms with Gasteiger partial charge >= 0.3 is 0 Å². The molecule has 2 heteroatoms. The Labute approximate surface area is 148 Å². The van der Waals surface area contributed by atoms with E-state index < -0.39 is 0 Å². The third kappa shape index (κ3) is 3.57. The summed E-state index contributed by atoms with van der Waals surface area (Å²) in [4.78, 5) is 0. The van der Waals surface area contributed by atoms with Crippen LogP contribution >= 0.6 is 7.92 Å². The van der Waals surface area contributed by atoms with Crippen LogP contribution in [0.1, 0.15) is 81.8 Å². The van der Waals surface area contributed by atoms with Crippen LogP contribution in [0, 0.1) is 5.82 Å². The molecule has 1 aromatic rings. The van der Waals surface area contributed by atoms with Crippen LogP contribution < -0.4 is 0 Å². The maximum absolute atomic E-state index is 14.4. The molecule has 3 aliphatic carbocycles. The van der Waals surface area contributed by atoms with E-state index in [1.165, 1.54) is 76.2 Å². The summed E-state index contributed by atoms with van der Waals surface area (Å²) in [6.45, 7) is 0. The molecule has 1 unspecified atom stereocenters. The smallest absolute Gasteiger partial charge is 0.126 e. The van der Waals surface area contributed by atoms with Gasteiger partial charge in [-0.3, -0.25) is 0 Å². The van der Waals surface area contributed by atoms with Crippen molar-refractivity contribution in [2.24, 2.45) is 0 Å². The van der Waals surface area contributed by atoms with Gasteiger partial charge in [-0.15, -0.1) is 0 Å². The van der Waals surface area contributed by atoms with Gasteiger partial charge in [0.25, 0.3) is 0 Å². The minimum Gasteiger partial charge on any atom is -0.207 e. The molecule has 0 radical (unpaired) electrons. The Balaban J connectivity index is 1.57. The molecule has 0 bridgehead atoms. The first-order valence-corrected chi connectivity index (χ1v) is 11.9. The maximum atomic E-state index is 14.4. The van der Waals surface area contributed by atoms with E-state index in [1.807, 2.05) is 6.07 Å². The SMILES string of the molecule is Fc1cccc2c1CC(P(C1CCCCC1)C1CCCCC1)CC2. The molecule has 0 heterocycles. The van der Waals surface area contributed by atoms with Crippen LogP contribution in [0.3, 0.4) is 0 Å². The van der Waals surface area contributed by atoms with Crippen molar-refractivity contribution in [2.75, 3.05) is 0 Å². The molecule has 1 atom stereocenters. The van der Waals surface area contributed by atoms with E-state index in [-0.39, 0.29) is 13.7 Å². The minimum absolute atomic E-state index is 0.0689. The van der Waals surface area contributed by atoms with Crippen LogP contribution in [0.2, 0.25) is 0 Å². The molecule has 132 valence electrons. The molecule has 4 rings (SSSR count). The molecule has 0 N–H and O–H groups in total. The lowest BCUT2D eigenvalue weighted by Crippen LogP contribution is -2.30. The summed E-state index contributed by atoms with van der Waals surface area (Å²) in [6.07, 6.45) is 18.1. The standard InChI is InChI=1S/C22H32FP/c23-22-13-7-8-17-14-15-20(16-21(17)22)24(18-9-3-1-4-10-18)19-11-5-2-6-12-19/h7-8,13,18-20H,1-6,9-12,14-16H2. The lowest BCUT2D eigenvalue weighted by atomic mass is 9.91. The van der Waals surface area contributed by atoms with Crippen LogP contribution in [-0.2, 0) is 12.8 Å². The molecule has 3 aliphatic rings. The van der Waals surface area contributed by atoms with Crippen molar-refractivity contribution >= 4 is 7.92 Å². The van der Waals surface area contributed by atoms with Gasteiger partial charge in [0.1, 0.15) is 5.82 Å². The molecule has 2 saturated carbocycles. The van der Waals surface area contributed by atoms with Crippen LogP contribution in [0.5, 0.6) is 0 Å². The van der Waals surface area contributed by atoms with Gasteiger partial charge in [0, 0.05) is 0 Å². The quantitative estimate of drug-likeness (QED) is 0.526. The first-order chi connectivity index (χ1) is 11.8. The molecule has 2 fully saturated rings. The summed E-state index contributed by atoms with van der Waals surface area (Å²) in [7, 11) is 0.0813. The third-order valence-electron chi connectivity index (χ3n) is 6.82. The minimum atomic E-state index is 0.0689. The monoisotopic (exact) mass is 346 g/mol. The fourth-order valence-electron chi connectivity index (χ4n) is 5.63. The fourth-order valence-corrected chi connectivity index (χ4v) is 10.2. The maximum Gasteiger partial charge on any atom is 0.126 e. The average Bonchev–Trinajstić information content (AvgIpc) is 2.64. The molecule has 0 saturated heterocycles. The number of aryl methyl sites for hydroxylation is 1. The van der Waals surface area contributed by atoms with Crippen LogP contribution in [0.15, 0.2) is 18.2 Å². The summed E-state index contributed by atoms with van der Waals surface area (Å²) in [6, 6.07) is 5.75. The fraction of sp³-hybridized carbons (Fsp3) is 0.727. The van der Waals surface area contributed by atoms with Gasteiger partial charge in [-0.25, -0.2) is 4.39 Å². The molecule has 0 spiro atoms. The Bertz CT molecular complexity index is 525. The van der Waals surface area contributed by atoms with E-state index in [0.717, 1.165) is 35.4 Å². The van der Waals surface area contributed by atoms with E-state index in [2.05, 4.69) is 6.07 Å². The molecule has 0 aromatic heterocycles. The average molecular weight is 346 g/mol. The molecular formula is C22H32FP. The largest absolute Gasteiger partial charge is 0.207 e. The van der Waals surface area contributed by atoms with E-state index in [4.69, 9.17) is 0 Å². The zero-order chi connectivity index (χ0) is 16.4. The molecule has 24 heavy (non-hydrogen) atoms. The number of fused-ring (bicyclic) bond motifs is 1. The predicted molar refractivity (Wildman–Crippen MR) is 103 cm³/mol. The van der Waals surface area contributed by atoms with Gasteiger partial charge in [-0.2, -0.15) is 0 Å². The highest BCUT2D eigenvalue weighted by molar-refractivity contribution is 7.60. The lowest BCUT2D eigenvalue weighted by Gasteiger charge is -2.44. The normalized spacial score (nSPS) is 26.5.